The molecule has 1 atom stereocenters. The van der Waals surface area contributed by atoms with Crippen LogP contribution in [0.3, 0.4) is 0 Å². The van der Waals surface area contributed by atoms with Gasteiger partial charge in [0.05, 0.1) is 29.1 Å². The number of anilines is 2. The normalized spacial score (nSPS) is 22.6. The third-order valence-electron chi connectivity index (χ3n) is 3.56. The van der Waals surface area contributed by atoms with Crippen LogP contribution in [0.15, 0.2) is 18.2 Å². The maximum absolute atomic E-state index is 11.8. The average molecular weight is 278 g/mol. The lowest BCUT2D eigenvalue weighted by Crippen LogP contribution is -2.46. The lowest BCUT2D eigenvalue weighted by Gasteiger charge is -2.38. The second-order valence-corrected chi connectivity index (χ2v) is 5.52. The molecule has 0 saturated carbocycles. The Morgan fingerprint density at radius 1 is 1.55 bits per heavy atom. The van der Waals surface area contributed by atoms with Crippen molar-refractivity contribution in [1.82, 2.24) is 0 Å². The number of nitrogens with two attached hydrogens (primary N) is 1. The molecule has 0 bridgehead atoms. The van der Waals surface area contributed by atoms with E-state index >= 15 is 0 Å². The monoisotopic (exact) mass is 278 g/mol. The van der Waals surface area contributed by atoms with Crippen LogP contribution in [0, 0.1) is 0 Å². The molecule has 2 rings (SSSR count). The molecular formula is C15H22N2O3. The number of hydrogen-bond donors (Lipinski definition) is 2. The molecule has 1 aliphatic rings. The van der Waals surface area contributed by atoms with Gasteiger partial charge in [-0.25, -0.2) is 4.79 Å². The van der Waals surface area contributed by atoms with Gasteiger partial charge < -0.3 is 20.5 Å². The molecule has 0 aliphatic carbocycles. The highest BCUT2D eigenvalue weighted by Gasteiger charge is 2.29. The first kappa shape index (κ1) is 14.7. The molecule has 1 unspecified atom stereocenters. The van der Waals surface area contributed by atoms with E-state index in [2.05, 4.69) is 0 Å². The predicted octanol–water partition coefficient (Wildman–Crippen LogP) is 1.80. The van der Waals surface area contributed by atoms with E-state index in [-0.39, 0.29) is 5.97 Å². The number of carbonyl (C=O) groups is 1. The van der Waals surface area contributed by atoms with Crippen LogP contribution in [0.25, 0.3) is 0 Å². The molecule has 1 fully saturated rings. The Morgan fingerprint density at radius 2 is 2.30 bits per heavy atom. The topological polar surface area (TPSA) is 75.8 Å². The van der Waals surface area contributed by atoms with Gasteiger partial charge in [-0.15, -0.1) is 0 Å². The number of nitrogen functional groups attached to an aromatic ring is 1. The summed E-state index contributed by atoms with van der Waals surface area (Å²) in [5.74, 6) is -0.350. The highest BCUT2D eigenvalue weighted by atomic mass is 16.5. The molecule has 3 N–H and O–H groups in total. The fourth-order valence-electron chi connectivity index (χ4n) is 2.58. The van der Waals surface area contributed by atoms with Crippen molar-refractivity contribution < 1.29 is 14.6 Å². The third-order valence-corrected chi connectivity index (χ3v) is 3.56. The second kappa shape index (κ2) is 5.71. The Kier molecular flexibility index (Phi) is 4.18. The van der Waals surface area contributed by atoms with E-state index in [1.165, 1.54) is 0 Å². The van der Waals surface area contributed by atoms with Crippen LogP contribution in [-0.2, 0) is 4.74 Å². The van der Waals surface area contributed by atoms with Crippen molar-refractivity contribution in [1.29, 1.82) is 0 Å². The minimum atomic E-state index is -0.718. The first-order valence-corrected chi connectivity index (χ1v) is 6.97. The number of carbonyl (C=O) groups excluding carboxylic acids is 1. The number of β-amino-alcohol motifs (C(OH)–C–C–N with tert-alkyl or cyclic N) is 1. The standard InChI is InChI=1S/C15H22N2O3/c1-3-20-14(18)11-5-6-12(16)13(9-11)17-8-4-7-15(2,19)10-17/h5-6,9,19H,3-4,7-8,10,16H2,1-2H3. The van der Waals surface area contributed by atoms with Gasteiger partial charge >= 0.3 is 5.97 Å². The predicted molar refractivity (Wildman–Crippen MR) is 78.9 cm³/mol. The summed E-state index contributed by atoms with van der Waals surface area (Å²) in [5.41, 5.74) is 7.17. The molecule has 1 aromatic rings. The van der Waals surface area contributed by atoms with Crippen molar-refractivity contribution in [3.8, 4) is 0 Å². The van der Waals surface area contributed by atoms with E-state index in [9.17, 15) is 9.90 Å². The maximum Gasteiger partial charge on any atom is 0.338 e. The molecule has 5 nitrogen and oxygen atoms in total. The Balaban J connectivity index is 2.26. The van der Waals surface area contributed by atoms with Crippen molar-refractivity contribution >= 4 is 17.3 Å². The second-order valence-electron chi connectivity index (χ2n) is 5.52. The summed E-state index contributed by atoms with van der Waals surface area (Å²) in [6.45, 7) is 5.29. The summed E-state index contributed by atoms with van der Waals surface area (Å²) < 4.78 is 5.00. The molecule has 5 heteroatoms. The summed E-state index contributed by atoms with van der Waals surface area (Å²) >= 11 is 0. The van der Waals surface area contributed by atoms with Crippen LogP contribution in [0.1, 0.15) is 37.0 Å². The molecule has 1 saturated heterocycles. The van der Waals surface area contributed by atoms with Crippen LogP contribution >= 0.6 is 0 Å². The Morgan fingerprint density at radius 3 is 2.95 bits per heavy atom. The molecule has 1 aliphatic heterocycles. The molecule has 1 aromatic carbocycles. The quantitative estimate of drug-likeness (QED) is 0.651. The van der Waals surface area contributed by atoms with E-state index in [4.69, 9.17) is 10.5 Å². The molecule has 0 aromatic heterocycles. The van der Waals surface area contributed by atoms with Crippen LogP contribution in [0.5, 0.6) is 0 Å². The Hall–Kier alpha value is -1.75. The minimum absolute atomic E-state index is 0.344. The van der Waals surface area contributed by atoms with Crippen LogP contribution in [0.2, 0.25) is 0 Å². The van der Waals surface area contributed by atoms with Gasteiger partial charge in [0.2, 0.25) is 0 Å². The van der Waals surface area contributed by atoms with Gasteiger partial charge in [0.25, 0.3) is 0 Å². The fourth-order valence-corrected chi connectivity index (χ4v) is 2.58. The summed E-state index contributed by atoms with van der Waals surface area (Å²) in [6, 6.07) is 5.12. The molecule has 0 spiro atoms. The van der Waals surface area contributed by atoms with Crippen LogP contribution in [0.4, 0.5) is 11.4 Å². The number of ether oxygens (including phenoxy) is 1. The van der Waals surface area contributed by atoms with E-state index in [0.717, 1.165) is 25.1 Å². The van der Waals surface area contributed by atoms with Crippen molar-refractivity contribution in [3.63, 3.8) is 0 Å². The maximum atomic E-state index is 11.8. The summed E-state index contributed by atoms with van der Waals surface area (Å²) in [7, 11) is 0. The molecule has 1 heterocycles. The Bertz CT molecular complexity index is 500. The number of rotatable bonds is 3. The number of nitrogens with zero attached hydrogens (tertiary/aromatic N) is 1. The molecule has 0 radical (unpaired) electrons. The van der Waals surface area contributed by atoms with Gasteiger partial charge in [0, 0.05) is 13.1 Å². The van der Waals surface area contributed by atoms with Crippen LogP contribution in [-0.4, -0.2) is 36.4 Å². The zero-order valence-corrected chi connectivity index (χ0v) is 12.1. The lowest BCUT2D eigenvalue weighted by atomic mass is 9.94. The first-order valence-electron chi connectivity index (χ1n) is 6.97. The Labute approximate surface area is 119 Å². The van der Waals surface area contributed by atoms with E-state index in [1.807, 2.05) is 11.8 Å². The van der Waals surface area contributed by atoms with Gasteiger partial charge in [-0.3, -0.25) is 0 Å². The van der Waals surface area contributed by atoms with E-state index < -0.39 is 5.60 Å². The number of piperidine rings is 1. The number of benzene rings is 1. The average Bonchev–Trinajstić information content (AvgIpc) is 2.38. The SMILES string of the molecule is CCOC(=O)c1ccc(N)c(N2CCCC(C)(O)C2)c1. The highest BCUT2D eigenvalue weighted by molar-refractivity contribution is 5.92. The van der Waals surface area contributed by atoms with Crippen molar-refractivity contribution in [2.45, 2.75) is 32.3 Å². The van der Waals surface area contributed by atoms with Gasteiger partial charge in [-0.1, -0.05) is 0 Å². The molecule has 0 amide bonds. The number of hydrogen-bond acceptors (Lipinski definition) is 5. The van der Waals surface area contributed by atoms with Gasteiger partial charge in [-0.05, 0) is 44.9 Å². The summed E-state index contributed by atoms with van der Waals surface area (Å²) in [4.78, 5) is 13.8. The van der Waals surface area contributed by atoms with Gasteiger partial charge in [0.15, 0.2) is 0 Å². The van der Waals surface area contributed by atoms with Crippen molar-refractivity contribution in [3.05, 3.63) is 23.8 Å². The minimum Gasteiger partial charge on any atom is -0.462 e. The number of aliphatic hydroxyl groups is 1. The van der Waals surface area contributed by atoms with Crippen molar-refractivity contribution in [2.24, 2.45) is 0 Å². The zero-order chi connectivity index (χ0) is 14.8. The summed E-state index contributed by atoms with van der Waals surface area (Å²) in [6.07, 6.45) is 1.68. The first-order chi connectivity index (χ1) is 9.43. The van der Waals surface area contributed by atoms with Crippen LogP contribution < -0.4 is 10.6 Å². The zero-order valence-electron chi connectivity index (χ0n) is 12.1. The smallest absolute Gasteiger partial charge is 0.338 e. The highest BCUT2D eigenvalue weighted by Crippen LogP contribution is 2.30. The largest absolute Gasteiger partial charge is 0.462 e. The van der Waals surface area contributed by atoms with Gasteiger partial charge in [0.1, 0.15) is 0 Å². The third kappa shape index (κ3) is 3.22. The molecule has 110 valence electrons. The fraction of sp³-hybridized carbons (Fsp3) is 0.533. The molecule has 20 heavy (non-hydrogen) atoms. The van der Waals surface area contributed by atoms with Gasteiger partial charge in [-0.2, -0.15) is 0 Å². The lowest BCUT2D eigenvalue weighted by molar-refractivity contribution is 0.0450. The van der Waals surface area contributed by atoms with E-state index in [1.54, 1.807) is 25.1 Å². The molecular weight excluding hydrogens is 256 g/mol. The van der Waals surface area contributed by atoms with E-state index in [0.29, 0.717) is 24.4 Å². The number of esters is 1. The van der Waals surface area contributed by atoms with Crippen molar-refractivity contribution in [2.75, 3.05) is 30.3 Å². The summed E-state index contributed by atoms with van der Waals surface area (Å²) in [5, 5.41) is 10.2.